The molecule has 3 nitrogen and oxygen atoms in total. The molecule has 0 fully saturated rings. The number of benzene rings is 2. The second kappa shape index (κ2) is 5.83. The smallest absolute Gasteiger partial charge is 0.226 e. The number of amides is 1. The van der Waals surface area contributed by atoms with Gasteiger partial charge in [0.25, 0.3) is 0 Å². The zero-order valence-corrected chi connectivity index (χ0v) is 12.0. The third-order valence-electron chi connectivity index (χ3n) is 3.66. The van der Waals surface area contributed by atoms with Crippen LogP contribution in [0.1, 0.15) is 23.1 Å². The first kappa shape index (κ1) is 13.4. The minimum Gasteiger partial charge on any atom is -0.382 e. The summed E-state index contributed by atoms with van der Waals surface area (Å²) >= 11 is 0. The molecule has 0 saturated carbocycles. The van der Waals surface area contributed by atoms with Gasteiger partial charge in [-0.15, -0.1) is 0 Å². The second-order valence-corrected chi connectivity index (χ2v) is 5.18. The van der Waals surface area contributed by atoms with Crippen molar-refractivity contribution in [1.29, 1.82) is 0 Å². The number of carbonyl (C=O) groups is 1. The van der Waals surface area contributed by atoms with E-state index in [2.05, 4.69) is 47.9 Å². The van der Waals surface area contributed by atoms with Crippen molar-refractivity contribution in [2.75, 3.05) is 17.2 Å². The van der Waals surface area contributed by atoms with E-state index in [1.54, 1.807) is 0 Å². The molecule has 1 aliphatic heterocycles. The highest BCUT2D eigenvalue weighted by atomic mass is 16.1. The Labute approximate surface area is 124 Å². The molecule has 0 unspecified atom stereocenters. The normalized spacial score (nSPS) is 14.2. The van der Waals surface area contributed by atoms with Crippen LogP contribution in [0.5, 0.6) is 0 Å². The van der Waals surface area contributed by atoms with Crippen LogP contribution in [0.25, 0.3) is 12.2 Å². The maximum absolute atomic E-state index is 11.6. The molecular weight excluding hydrogens is 260 g/mol. The van der Waals surface area contributed by atoms with Crippen LogP contribution in [0, 0.1) is 6.92 Å². The van der Waals surface area contributed by atoms with Crippen LogP contribution >= 0.6 is 0 Å². The Morgan fingerprint density at radius 3 is 2.62 bits per heavy atom. The van der Waals surface area contributed by atoms with Gasteiger partial charge in [-0.3, -0.25) is 4.79 Å². The fourth-order valence-electron chi connectivity index (χ4n) is 2.48. The number of nitrogens with one attached hydrogen (secondary N) is 2. The Balaban J connectivity index is 1.95. The third kappa shape index (κ3) is 2.97. The number of hydrogen-bond donors (Lipinski definition) is 2. The highest BCUT2D eigenvalue weighted by Gasteiger charge is 2.13. The van der Waals surface area contributed by atoms with Crippen LogP contribution < -0.4 is 10.6 Å². The predicted molar refractivity (Wildman–Crippen MR) is 88.3 cm³/mol. The maximum atomic E-state index is 11.6. The van der Waals surface area contributed by atoms with Crippen molar-refractivity contribution in [3.8, 4) is 0 Å². The van der Waals surface area contributed by atoms with Crippen molar-refractivity contribution in [1.82, 2.24) is 0 Å². The molecule has 0 atom stereocenters. The maximum Gasteiger partial charge on any atom is 0.226 e. The van der Waals surface area contributed by atoms with Gasteiger partial charge in [-0.1, -0.05) is 48.6 Å². The van der Waals surface area contributed by atoms with Crippen LogP contribution in [0.2, 0.25) is 0 Å². The van der Waals surface area contributed by atoms with E-state index in [4.69, 9.17) is 0 Å². The molecule has 3 heteroatoms. The van der Waals surface area contributed by atoms with E-state index in [1.807, 2.05) is 24.3 Å². The molecule has 1 heterocycles. The predicted octanol–water partition coefficient (Wildman–Crippen LogP) is 3.92. The van der Waals surface area contributed by atoms with E-state index in [-0.39, 0.29) is 5.91 Å². The van der Waals surface area contributed by atoms with Gasteiger partial charge in [0.15, 0.2) is 0 Å². The standard InChI is InChI=1S/C18H18N2O/c1-13-5-2-3-6-14(13)9-10-15-7-4-8-16-18(15)19-12-11-17(21)20-16/h2-10,19H,11-12H2,1H3,(H,20,21)/b10-9+. The van der Waals surface area contributed by atoms with Gasteiger partial charge in [0.05, 0.1) is 11.4 Å². The van der Waals surface area contributed by atoms with E-state index < -0.39 is 0 Å². The van der Waals surface area contributed by atoms with Crippen LogP contribution in [-0.4, -0.2) is 12.5 Å². The quantitative estimate of drug-likeness (QED) is 0.817. The first-order chi connectivity index (χ1) is 10.2. The van der Waals surface area contributed by atoms with E-state index in [1.165, 1.54) is 11.1 Å². The summed E-state index contributed by atoms with van der Waals surface area (Å²) in [6.07, 6.45) is 4.70. The second-order valence-electron chi connectivity index (χ2n) is 5.18. The number of aryl methyl sites for hydroxylation is 1. The molecule has 0 saturated heterocycles. The largest absolute Gasteiger partial charge is 0.382 e. The molecule has 2 aromatic rings. The first-order valence-corrected chi connectivity index (χ1v) is 7.14. The van der Waals surface area contributed by atoms with Gasteiger partial charge >= 0.3 is 0 Å². The molecule has 0 spiro atoms. The number of fused-ring (bicyclic) bond motifs is 1. The molecule has 0 bridgehead atoms. The molecular formula is C18H18N2O. The van der Waals surface area contributed by atoms with Crippen molar-refractivity contribution in [3.63, 3.8) is 0 Å². The lowest BCUT2D eigenvalue weighted by Gasteiger charge is -2.11. The number of rotatable bonds is 2. The van der Waals surface area contributed by atoms with Gasteiger partial charge in [0, 0.05) is 13.0 Å². The molecule has 0 radical (unpaired) electrons. The lowest BCUT2D eigenvalue weighted by atomic mass is 10.1. The summed E-state index contributed by atoms with van der Waals surface area (Å²) in [6, 6.07) is 14.2. The van der Waals surface area contributed by atoms with Gasteiger partial charge in [0.2, 0.25) is 5.91 Å². The molecule has 1 amide bonds. The summed E-state index contributed by atoms with van der Waals surface area (Å²) in [6.45, 7) is 2.76. The number of carbonyl (C=O) groups excluding carboxylic acids is 1. The fourth-order valence-corrected chi connectivity index (χ4v) is 2.48. The first-order valence-electron chi connectivity index (χ1n) is 7.14. The van der Waals surface area contributed by atoms with Crippen molar-refractivity contribution in [3.05, 3.63) is 59.2 Å². The summed E-state index contributed by atoms with van der Waals surface area (Å²) in [5.41, 5.74) is 5.38. The van der Waals surface area contributed by atoms with Crippen molar-refractivity contribution < 1.29 is 4.79 Å². The molecule has 1 aliphatic rings. The lowest BCUT2D eigenvalue weighted by molar-refractivity contribution is -0.115. The van der Waals surface area contributed by atoms with Gasteiger partial charge in [-0.2, -0.15) is 0 Å². The van der Waals surface area contributed by atoms with E-state index in [9.17, 15) is 4.79 Å². The lowest BCUT2D eigenvalue weighted by Crippen LogP contribution is -2.10. The number of hydrogen-bond acceptors (Lipinski definition) is 2. The molecule has 0 aliphatic carbocycles. The summed E-state index contributed by atoms with van der Waals surface area (Å²) in [5.74, 6) is 0.0567. The van der Waals surface area contributed by atoms with E-state index >= 15 is 0 Å². The van der Waals surface area contributed by atoms with Crippen LogP contribution in [-0.2, 0) is 4.79 Å². The molecule has 0 aromatic heterocycles. The third-order valence-corrected chi connectivity index (χ3v) is 3.66. The average molecular weight is 278 g/mol. The summed E-state index contributed by atoms with van der Waals surface area (Å²) < 4.78 is 0. The zero-order chi connectivity index (χ0) is 14.7. The van der Waals surface area contributed by atoms with Crippen molar-refractivity contribution in [2.24, 2.45) is 0 Å². The zero-order valence-electron chi connectivity index (χ0n) is 12.0. The fraction of sp³-hybridized carbons (Fsp3) is 0.167. The van der Waals surface area contributed by atoms with Gasteiger partial charge in [-0.25, -0.2) is 0 Å². The van der Waals surface area contributed by atoms with Crippen LogP contribution in [0.3, 0.4) is 0 Å². The number of para-hydroxylation sites is 1. The molecule has 3 rings (SSSR count). The molecule has 2 aromatic carbocycles. The van der Waals surface area contributed by atoms with Crippen LogP contribution in [0.4, 0.5) is 11.4 Å². The van der Waals surface area contributed by atoms with E-state index in [0.717, 1.165) is 16.9 Å². The Hall–Kier alpha value is -2.55. The highest BCUT2D eigenvalue weighted by Crippen LogP contribution is 2.29. The number of anilines is 2. The highest BCUT2D eigenvalue weighted by molar-refractivity contribution is 5.98. The SMILES string of the molecule is Cc1ccccc1/C=C/c1cccc2c1NCCC(=O)N2. The Morgan fingerprint density at radius 1 is 1.00 bits per heavy atom. The van der Waals surface area contributed by atoms with Crippen molar-refractivity contribution in [2.45, 2.75) is 13.3 Å². The average Bonchev–Trinajstić information content (AvgIpc) is 2.67. The topological polar surface area (TPSA) is 41.1 Å². The molecule has 21 heavy (non-hydrogen) atoms. The molecule has 106 valence electrons. The van der Waals surface area contributed by atoms with Gasteiger partial charge in [-0.05, 0) is 29.7 Å². The summed E-state index contributed by atoms with van der Waals surface area (Å²) in [7, 11) is 0. The summed E-state index contributed by atoms with van der Waals surface area (Å²) in [4.78, 5) is 11.6. The minimum absolute atomic E-state index is 0.0567. The molecule has 2 N–H and O–H groups in total. The van der Waals surface area contributed by atoms with Crippen molar-refractivity contribution >= 4 is 29.4 Å². The van der Waals surface area contributed by atoms with Gasteiger partial charge < -0.3 is 10.6 Å². The Bertz CT molecular complexity index is 704. The van der Waals surface area contributed by atoms with E-state index in [0.29, 0.717) is 13.0 Å². The van der Waals surface area contributed by atoms with Crippen LogP contribution in [0.15, 0.2) is 42.5 Å². The minimum atomic E-state index is 0.0567. The Kier molecular flexibility index (Phi) is 3.73. The van der Waals surface area contributed by atoms with Gasteiger partial charge in [0.1, 0.15) is 0 Å². The Morgan fingerprint density at radius 2 is 1.76 bits per heavy atom. The summed E-state index contributed by atoms with van der Waals surface area (Å²) in [5, 5.41) is 6.28. The monoisotopic (exact) mass is 278 g/mol.